The fourth-order valence-electron chi connectivity index (χ4n) is 2.17. The molecular formula is C16H23N5O2S. The van der Waals surface area contributed by atoms with E-state index in [1.807, 2.05) is 38.1 Å². The maximum absolute atomic E-state index is 12.1. The average molecular weight is 349 g/mol. The van der Waals surface area contributed by atoms with E-state index in [0.717, 1.165) is 35.7 Å². The summed E-state index contributed by atoms with van der Waals surface area (Å²) >= 11 is 1.14. The minimum Gasteiger partial charge on any atom is -0.497 e. The lowest BCUT2D eigenvalue weighted by molar-refractivity contribution is 0.239. The molecule has 0 aliphatic rings. The molecule has 1 aromatic heterocycles. The van der Waals surface area contributed by atoms with Crippen molar-refractivity contribution in [2.24, 2.45) is 5.73 Å². The van der Waals surface area contributed by atoms with Crippen LogP contribution in [-0.4, -0.2) is 34.6 Å². The normalized spacial score (nSPS) is 11.2. The second kappa shape index (κ2) is 8.07. The minimum atomic E-state index is -0.326. The first kappa shape index (κ1) is 18.2. The van der Waals surface area contributed by atoms with Gasteiger partial charge in [-0.1, -0.05) is 0 Å². The van der Waals surface area contributed by atoms with Gasteiger partial charge < -0.3 is 15.8 Å². The van der Waals surface area contributed by atoms with Crippen LogP contribution in [0.25, 0.3) is 11.4 Å². The Hall–Kier alpha value is -2.19. The number of aromatic nitrogens is 2. The van der Waals surface area contributed by atoms with E-state index in [9.17, 15) is 4.79 Å². The molecule has 7 nitrogen and oxygen atoms in total. The summed E-state index contributed by atoms with van der Waals surface area (Å²) in [6.07, 6.45) is 1.66. The maximum atomic E-state index is 12.1. The van der Waals surface area contributed by atoms with Gasteiger partial charge in [0.15, 0.2) is 5.82 Å². The smallest absolute Gasteiger partial charge is 0.321 e. The van der Waals surface area contributed by atoms with E-state index >= 15 is 0 Å². The van der Waals surface area contributed by atoms with Crippen LogP contribution in [0.4, 0.5) is 9.93 Å². The number of hydrogen-bond acceptors (Lipinski definition) is 6. The quantitative estimate of drug-likeness (QED) is 0.713. The van der Waals surface area contributed by atoms with Gasteiger partial charge in [-0.2, -0.15) is 9.36 Å². The number of benzene rings is 1. The average Bonchev–Trinajstić information content (AvgIpc) is 3.00. The van der Waals surface area contributed by atoms with E-state index in [2.05, 4.69) is 20.0 Å². The summed E-state index contributed by atoms with van der Waals surface area (Å²) in [4.78, 5) is 16.4. The number of hydrogen-bond donors (Lipinski definition) is 3. The fourth-order valence-corrected chi connectivity index (χ4v) is 2.76. The van der Waals surface area contributed by atoms with Crippen molar-refractivity contribution in [3.05, 3.63) is 24.3 Å². The van der Waals surface area contributed by atoms with E-state index in [1.54, 1.807) is 7.11 Å². The summed E-state index contributed by atoms with van der Waals surface area (Å²) in [5, 5.41) is 6.10. The first-order valence-corrected chi connectivity index (χ1v) is 8.48. The number of rotatable bonds is 7. The zero-order valence-corrected chi connectivity index (χ0v) is 14.9. The Bertz CT molecular complexity index is 669. The van der Waals surface area contributed by atoms with Crippen molar-refractivity contribution < 1.29 is 9.53 Å². The topological polar surface area (TPSA) is 102 Å². The van der Waals surface area contributed by atoms with Gasteiger partial charge in [0, 0.05) is 22.6 Å². The van der Waals surface area contributed by atoms with Crippen molar-refractivity contribution in [2.75, 3.05) is 19.0 Å². The third-order valence-electron chi connectivity index (χ3n) is 3.45. The number of methoxy groups -OCH3 is 1. The minimum absolute atomic E-state index is 0.297. The van der Waals surface area contributed by atoms with Crippen LogP contribution >= 0.6 is 11.5 Å². The number of anilines is 1. The molecule has 1 aromatic carbocycles. The molecule has 8 heteroatoms. The SMILES string of the molecule is COc1ccc(-c2nsc(NC(=O)NC(C)(C)CCCN)n2)cc1. The molecule has 2 amide bonds. The fraction of sp³-hybridized carbons (Fsp3) is 0.438. The molecule has 2 aromatic rings. The number of nitrogens with one attached hydrogen (secondary N) is 2. The first-order valence-electron chi connectivity index (χ1n) is 7.71. The van der Waals surface area contributed by atoms with Crippen molar-refractivity contribution in [1.82, 2.24) is 14.7 Å². The van der Waals surface area contributed by atoms with Crippen LogP contribution < -0.4 is 21.1 Å². The summed E-state index contributed by atoms with van der Waals surface area (Å²) in [5.74, 6) is 1.34. The molecule has 2 rings (SSSR count). The highest BCUT2D eigenvalue weighted by atomic mass is 32.1. The van der Waals surface area contributed by atoms with Crippen LogP contribution in [0.2, 0.25) is 0 Å². The third-order valence-corrected chi connectivity index (χ3v) is 4.08. The Morgan fingerprint density at radius 3 is 2.67 bits per heavy atom. The van der Waals surface area contributed by atoms with E-state index in [-0.39, 0.29) is 11.6 Å². The number of nitrogens with zero attached hydrogens (tertiary/aromatic N) is 2. The van der Waals surface area contributed by atoms with Gasteiger partial charge in [0.05, 0.1) is 7.11 Å². The van der Waals surface area contributed by atoms with Gasteiger partial charge >= 0.3 is 6.03 Å². The number of nitrogens with two attached hydrogens (primary N) is 1. The molecule has 0 aliphatic heterocycles. The van der Waals surface area contributed by atoms with Crippen LogP contribution in [0.5, 0.6) is 5.75 Å². The van der Waals surface area contributed by atoms with Crippen molar-refractivity contribution in [3.63, 3.8) is 0 Å². The van der Waals surface area contributed by atoms with Crippen molar-refractivity contribution in [3.8, 4) is 17.1 Å². The van der Waals surface area contributed by atoms with Crippen LogP contribution in [0, 0.1) is 0 Å². The maximum Gasteiger partial charge on any atom is 0.321 e. The summed E-state index contributed by atoms with van der Waals surface area (Å²) in [5.41, 5.74) is 6.05. The highest BCUT2D eigenvalue weighted by Crippen LogP contribution is 2.23. The Kier molecular flexibility index (Phi) is 6.10. The molecule has 0 spiro atoms. The molecule has 0 radical (unpaired) electrons. The van der Waals surface area contributed by atoms with Gasteiger partial charge in [-0.05, 0) is 57.5 Å². The molecule has 0 saturated carbocycles. The van der Waals surface area contributed by atoms with Gasteiger partial charge in [0.25, 0.3) is 0 Å². The second-order valence-electron chi connectivity index (χ2n) is 6.01. The molecule has 0 aliphatic carbocycles. The predicted octanol–water partition coefficient (Wildman–Crippen LogP) is 2.85. The summed E-state index contributed by atoms with van der Waals surface area (Å²) < 4.78 is 9.40. The number of carbonyl (C=O) groups is 1. The lowest BCUT2D eigenvalue weighted by atomic mass is 9.99. The number of urea groups is 1. The van der Waals surface area contributed by atoms with E-state index < -0.39 is 0 Å². The molecule has 130 valence electrons. The zero-order valence-electron chi connectivity index (χ0n) is 14.1. The lowest BCUT2D eigenvalue weighted by Crippen LogP contribution is -2.45. The number of ether oxygens (including phenoxy) is 1. The Morgan fingerprint density at radius 1 is 1.33 bits per heavy atom. The molecule has 0 saturated heterocycles. The lowest BCUT2D eigenvalue weighted by Gasteiger charge is -2.25. The molecule has 0 bridgehead atoms. The summed E-state index contributed by atoms with van der Waals surface area (Å²) in [7, 11) is 1.62. The second-order valence-corrected chi connectivity index (χ2v) is 6.76. The molecule has 24 heavy (non-hydrogen) atoms. The highest BCUT2D eigenvalue weighted by molar-refractivity contribution is 7.10. The monoisotopic (exact) mass is 349 g/mol. The van der Waals surface area contributed by atoms with Crippen LogP contribution in [0.1, 0.15) is 26.7 Å². The first-order chi connectivity index (χ1) is 11.4. The molecule has 0 fully saturated rings. The van der Waals surface area contributed by atoms with Gasteiger partial charge in [-0.25, -0.2) is 4.79 Å². The standard InChI is InChI=1S/C16H23N5O2S/c1-16(2,9-4-10-17)20-14(22)19-15-18-13(21-24-15)11-5-7-12(23-3)8-6-11/h5-8H,4,9-10,17H2,1-3H3,(H2,18,19,20,21,22). The zero-order chi connectivity index (χ0) is 17.6. The Morgan fingerprint density at radius 2 is 2.04 bits per heavy atom. The van der Waals surface area contributed by atoms with Gasteiger partial charge in [-0.15, -0.1) is 0 Å². The van der Waals surface area contributed by atoms with Crippen molar-refractivity contribution in [1.29, 1.82) is 0 Å². The Labute approximate surface area is 145 Å². The molecule has 1 heterocycles. The van der Waals surface area contributed by atoms with E-state index in [4.69, 9.17) is 10.5 Å². The van der Waals surface area contributed by atoms with Gasteiger partial charge in [0.2, 0.25) is 5.13 Å². The summed E-state index contributed by atoms with van der Waals surface area (Å²) in [6.45, 7) is 4.53. The Balaban J connectivity index is 1.96. The van der Waals surface area contributed by atoms with E-state index in [0.29, 0.717) is 17.5 Å². The largest absolute Gasteiger partial charge is 0.497 e. The molecule has 0 atom stereocenters. The summed E-state index contributed by atoms with van der Waals surface area (Å²) in [6, 6.07) is 7.14. The van der Waals surface area contributed by atoms with Gasteiger partial charge in [-0.3, -0.25) is 5.32 Å². The molecular weight excluding hydrogens is 326 g/mol. The van der Waals surface area contributed by atoms with Crippen molar-refractivity contribution in [2.45, 2.75) is 32.2 Å². The van der Waals surface area contributed by atoms with Gasteiger partial charge in [0.1, 0.15) is 5.75 Å². The third kappa shape index (κ3) is 5.17. The van der Waals surface area contributed by atoms with Crippen LogP contribution in [-0.2, 0) is 0 Å². The van der Waals surface area contributed by atoms with E-state index in [1.165, 1.54) is 0 Å². The molecule has 4 N–H and O–H groups in total. The highest BCUT2D eigenvalue weighted by Gasteiger charge is 2.20. The van der Waals surface area contributed by atoms with Crippen molar-refractivity contribution >= 4 is 22.7 Å². The van der Waals surface area contributed by atoms with Crippen LogP contribution in [0.15, 0.2) is 24.3 Å². The number of amides is 2. The van der Waals surface area contributed by atoms with Crippen LogP contribution in [0.3, 0.4) is 0 Å². The molecule has 0 unspecified atom stereocenters. The number of carbonyl (C=O) groups excluding carboxylic acids is 1. The predicted molar refractivity (Wildman–Crippen MR) is 96.4 cm³/mol.